The minimum Gasteiger partial charge on any atom is -0.335 e. The van der Waals surface area contributed by atoms with Gasteiger partial charge in [-0.15, -0.1) is 0 Å². The largest absolute Gasteiger partial charge is 0.335 e. The van der Waals surface area contributed by atoms with E-state index in [1.807, 2.05) is 30.0 Å². The number of amidine groups is 1. The summed E-state index contributed by atoms with van der Waals surface area (Å²) in [5.74, 6) is 1.98. The first-order chi connectivity index (χ1) is 9.56. The van der Waals surface area contributed by atoms with Gasteiger partial charge in [0.15, 0.2) is 5.17 Å². The Hall–Kier alpha value is -0.190. The van der Waals surface area contributed by atoms with E-state index in [9.17, 15) is 0 Å². The summed E-state index contributed by atoms with van der Waals surface area (Å²) in [7, 11) is 0. The van der Waals surface area contributed by atoms with Crippen molar-refractivity contribution in [2.75, 3.05) is 11.1 Å². The molecule has 3 rings (SSSR count). The van der Waals surface area contributed by atoms with E-state index in [-0.39, 0.29) is 5.54 Å². The minimum atomic E-state index is 0.193. The van der Waals surface area contributed by atoms with E-state index in [1.165, 1.54) is 25.7 Å². The lowest BCUT2D eigenvalue weighted by Gasteiger charge is -2.32. The molecule has 0 bridgehead atoms. The Labute approximate surface area is 137 Å². The second kappa shape index (κ2) is 5.90. The van der Waals surface area contributed by atoms with Crippen LogP contribution in [0.5, 0.6) is 0 Å². The third kappa shape index (κ3) is 3.18. The highest BCUT2D eigenvalue weighted by Gasteiger charge is 2.38. The van der Waals surface area contributed by atoms with Crippen LogP contribution in [-0.2, 0) is 0 Å². The highest BCUT2D eigenvalue weighted by Crippen LogP contribution is 2.41. The standard InChI is InChI=1S/C15H18BrClN2S/c1-10-4-6-15(7-5-10)9-20-14(19-15)18-11-2-3-12(16)13(17)8-11/h2-3,8,10H,4-7,9H2,1H3,(H,18,19). The predicted octanol–water partition coefficient (Wildman–Crippen LogP) is 5.57. The van der Waals surface area contributed by atoms with Gasteiger partial charge in [-0.1, -0.05) is 30.3 Å². The summed E-state index contributed by atoms with van der Waals surface area (Å²) in [5, 5.41) is 5.16. The lowest BCUT2D eigenvalue weighted by Crippen LogP contribution is -2.32. The molecule has 1 aromatic carbocycles. The van der Waals surface area contributed by atoms with Crippen molar-refractivity contribution >= 4 is 50.1 Å². The maximum absolute atomic E-state index is 6.12. The molecule has 0 atom stereocenters. The van der Waals surface area contributed by atoms with Gasteiger partial charge in [-0.05, 0) is 65.7 Å². The van der Waals surface area contributed by atoms with Crippen LogP contribution in [0.4, 0.5) is 5.69 Å². The van der Waals surface area contributed by atoms with E-state index < -0.39 is 0 Å². The number of thioether (sulfide) groups is 1. The lowest BCUT2D eigenvalue weighted by molar-refractivity contribution is 0.273. The van der Waals surface area contributed by atoms with E-state index >= 15 is 0 Å². The molecule has 1 aliphatic carbocycles. The lowest BCUT2D eigenvalue weighted by atomic mass is 9.79. The Morgan fingerprint density at radius 2 is 2.15 bits per heavy atom. The zero-order chi connectivity index (χ0) is 14.2. The van der Waals surface area contributed by atoms with Gasteiger partial charge in [0.2, 0.25) is 0 Å². The Morgan fingerprint density at radius 1 is 1.40 bits per heavy atom. The molecule has 0 radical (unpaired) electrons. The summed E-state index contributed by atoms with van der Waals surface area (Å²) in [4.78, 5) is 4.97. The number of aliphatic imine (C=N–C) groups is 1. The number of rotatable bonds is 1. The number of halogens is 2. The molecule has 1 saturated carbocycles. The smallest absolute Gasteiger partial charge is 0.161 e. The van der Waals surface area contributed by atoms with E-state index in [2.05, 4.69) is 28.2 Å². The van der Waals surface area contributed by atoms with Gasteiger partial charge in [0.25, 0.3) is 0 Å². The van der Waals surface area contributed by atoms with Crippen molar-refractivity contribution in [3.8, 4) is 0 Å². The molecule has 0 amide bonds. The van der Waals surface area contributed by atoms with E-state index in [4.69, 9.17) is 16.6 Å². The molecular weight excluding hydrogens is 356 g/mol. The molecule has 5 heteroatoms. The Morgan fingerprint density at radius 3 is 2.85 bits per heavy atom. The molecule has 2 aliphatic rings. The van der Waals surface area contributed by atoms with Gasteiger partial charge in [-0.3, -0.25) is 4.99 Å². The van der Waals surface area contributed by atoms with E-state index in [0.29, 0.717) is 0 Å². The van der Waals surface area contributed by atoms with Crippen LogP contribution in [0.3, 0.4) is 0 Å². The van der Waals surface area contributed by atoms with E-state index in [1.54, 1.807) is 0 Å². The normalized spacial score (nSPS) is 29.6. The number of nitrogens with zero attached hydrogens (tertiary/aromatic N) is 1. The molecule has 1 N–H and O–H groups in total. The van der Waals surface area contributed by atoms with Crippen LogP contribution in [0.1, 0.15) is 32.6 Å². The first-order valence-electron chi connectivity index (χ1n) is 7.01. The van der Waals surface area contributed by atoms with E-state index in [0.717, 1.165) is 32.0 Å². The Kier molecular flexibility index (Phi) is 4.34. The highest BCUT2D eigenvalue weighted by molar-refractivity contribution is 9.10. The van der Waals surface area contributed by atoms with Crippen molar-refractivity contribution in [3.63, 3.8) is 0 Å². The molecule has 1 heterocycles. The second-order valence-electron chi connectivity index (χ2n) is 5.87. The molecule has 0 aromatic heterocycles. The van der Waals surface area contributed by atoms with Crippen LogP contribution in [0.25, 0.3) is 0 Å². The van der Waals surface area contributed by atoms with Crippen LogP contribution < -0.4 is 5.32 Å². The number of anilines is 1. The quantitative estimate of drug-likeness (QED) is 0.696. The van der Waals surface area contributed by atoms with Gasteiger partial charge in [-0.25, -0.2) is 0 Å². The fourth-order valence-electron chi connectivity index (χ4n) is 2.80. The first-order valence-corrected chi connectivity index (χ1v) is 9.17. The zero-order valence-corrected chi connectivity index (χ0v) is 14.6. The topological polar surface area (TPSA) is 24.4 Å². The van der Waals surface area contributed by atoms with Crippen LogP contribution in [0.2, 0.25) is 5.02 Å². The predicted molar refractivity (Wildman–Crippen MR) is 93.0 cm³/mol. The Bertz CT molecular complexity index is 539. The van der Waals surface area contributed by atoms with Gasteiger partial charge in [0.05, 0.1) is 10.6 Å². The van der Waals surface area contributed by atoms with Crippen molar-refractivity contribution in [3.05, 3.63) is 27.7 Å². The molecule has 1 aliphatic heterocycles. The molecule has 2 nitrogen and oxygen atoms in total. The fourth-order valence-corrected chi connectivity index (χ4v) is 4.43. The highest BCUT2D eigenvalue weighted by atomic mass is 79.9. The average Bonchev–Trinajstić information content (AvgIpc) is 2.81. The molecule has 1 fully saturated rings. The third-order valence-electron chi connectivity index (χ3n) is 4.19. The summed E-state index contributed by atoms with van der Waals surface area (Å²) in [5.41, 5.74) is 1.20. The summed E-state index contributed by atoms with van der Waals surface area (Å²) in [6.45, 7) is 2.35. The van der Waals surface area contributed by atoms with Crippen LogP contribution in [0, 0.1) is 5.92 Å². The van der Waals surface area contributed by atoms with Gasteiger partial charge in [-0.2, -0.15) is 0 Å². The second-order valence-corrected chi connectivity index (χ2v) is 8.09. The molecule has 1 spiro atoms. The molecule has 108 valence electrons. The average molecular weight is 374 g/mol. The minimum absolute atomic E-state index is 0.193. The van der Waals surface area contributed by atoms with Crippen molar-refractivity contribution in [1.29, 1.82) is 0 Å². The van der Waals surface area contributed by atoms with Gasteiger partial charge >= 0.3 is 0 Å². The van der Waals surface area contributed by atoms with Crippen molar-refractivity contribution in [1.82, 2.24) is 0 Å². The van der Waals surface area contributed by atoms with Gasteiger partial charge in [0, 0.05) is 15.9 Å². The van der Waals surface area contributed by atoms with Crippen LogP contribution in [-0.4, -0.2) is 16.5 Å². The van der Waals surface area contributed by atoms with Crippen molar-refractivity contribution < 1.29 is 0 Å². The number of benzene rings is 1. The van der Waals surface area contributed by atoms with Gasteiger partial charge in [0.1, 0.15) is 0 Å². The molecule has 1 aromatic rings. The van der Waals surface area contributed by atoms with Crippen molar-refractivity contribution in [2.24, 2.45) is 10.9 Å². The molecular formula is C15H18BrClN2S. The number of hydrogen-bond donors (Lipinski definition) is 1. The molecule has 20 heavy (non-hydrogen) atoms. The van der Waals surface area contributed by atoms with Crippen LogP contribution in [0.15, 0.2) is 27.7 Å². The summed E-state index contributed by atoms with van der Waals surface area (Å²) in [6.07, 6.45) is 5.07. The first kappa shape index (κ1) is 14.7. The maximum atomic E-state index is 6.12. The SMILES string of the molecule is CC1CCC2(CC1)CSC(Nc1ccc(Br)c(Cl)c1)=N2. The molecule has 0 unspecified atom stereocenters. The zero-order valence-electron chi connectivity index (χ0n) is 11.5. The van der Waals surface area contributed by atoms with Crippen LogP contribution >= 0.6 is 39.3 Å². The monoisotopic (exact) mass is 372 g/mol. The fraction of sp³-hybridized carbons (Fsp3) is 0.533. The third-order valence-corrected chi connectivity index (χ3v) is 6.57. The summed E-state index contributed by atoms with van der Waals surface area (Å²) < 4.78 is 0.920. The molecule has 0 saturated heterocycles. The summed E-state index contributed by atoms with van der Waals surface area (Å²) >= 11 is 11.4. The Balaban J connectivity index is 1.71. The summed E-state index contributed by atoms with van der Waals surface area (Å²) in [6, 6.07) is 5.92. The van der Waals surface area contributed by atoms with Gasteiger partial charge < -0.3 is 5.32 Å². The number of nitrogens with one attached hydrogen (secondary N) is 1. The van der Waals surface area contributed by atoms with Crippen molar-refractivity contribution in [2.45, 2.75) is 38.1 Å². The maximum Gasteiger partial charge on any atom is 0.161 e. The number of hydrogen-bond acceptors (Lipinski definition) is 3.